The molecule has 0 bridgehead atoms. The Morgan fingerprint density at radius 3 is 2.59 bits per heavy atom. The van der Waals surface area contributed by atoms with E-state index in [0.29, 0.717) is 43.6 Å². The van der Waals surface area contributed by atoms with Crippen LogP contribution in [0.2, 0.25) is 0 Å². The molecule has 0 aliphatic rings. The van der Waals surface area contributed by atoms with E-state index in [-0.39, 0.29) is 17.9 Å². The zero-order chi connectivity index (χ0) is 24.4. The molecule has 34 heavy (non-hydrogen) atoms. The fourth-order valence-corrected chi connectivity index (χ4v) is 4.40. The van der Waals surface area contributed by atoms with Gasteiger partial charge in [0.1, 0.15) is 22.8 Å². The monoisotopic (exact) mass is 474 g/mol. The van der Waals surface area contributed by atoms with Gasteiger partial charge in [0.15, 0.2) is 10.6 Å². The van der Waals surface area contributed by atoms with Crippen LogP contribution in [-0.4, -0.2) is 23.5 Å². The Bertz CT molecular complexity index is 1480. The summed E-state index contributed by atoms with van der Waals surface area (Å²) in [6, 6.07) is 11.9. The Hall–Kier alpha value is -4.04. The maximum atomic E-state index is 12.7. The molecule has 0 atom stereocenters. The van der Waals surface area contributed by atoms with Crippen molar-refractivity contribution in [3.63, 3.8) is 0 Å². The van der Waals surface area contributed by atoms with Crippen molar-refractivity contribution in [1.82, 2.24) is 4.98 Å². The van der Waals surface area contributed by atoms with Gasteiger partial charge in [0.2, 0.25) is 0 Å². The zero-order valence-corrected chi connectivity index (χ0v) is 19.7. The van der Waals surface area contributed by atoms with Crippen LogP contribution in [0.15, 0.2) is 64.3 Å². The quantitative estimate of drug-likeness (QED) is 0.295. The summed E-state index contributed by atoms with van der Waals surface area (Å²) in [7, 11) is 0. The molecule has 172 valence electrons. The van der Waals surface area contributed by atoms with E-state index in [2.05, 4.69) is 16.9 Å². The number of aromatic nitrogens is 1. The first-order valence-electron chi connectivity index (χ1n) is 10.5. The van der Waals surface area contributed by atoms with Crippen molar-refractivity contribution >= 4 is 39.3 Å². The predicted octanol–water partition coefficient (Wildman–Crippen LogP) is 5.44. The second-order valence-corrected chi connectivity index (χ2v) is 8.78. The molecule has 1 N–H and O–H groups in total. The molecule has 0 aliphatic heterocycles. The lowest BCUT2D eigenvalue weighted by Gasteiger charge is -2.07. The van der Waals surface area contributed by atoms with Gasteiger partial charge < -0.3 is 9.15 Å². The topological polar surface area (TPSA) is 98.5 Å². The van der Waals surface area contributed by atoms with Crippen molar-refractivity contribution in [3.8, 4) is 11.3 Å². The number of esters is 1. The van der Waals surface area contributed by atoms with Gasteiger partial charge in [-0.05, 0) is 50.1 Å². The number of fused-ring (bicyclic) bond motifs is 1. The van der Waals surface area contributed by atoms with Gasteiger partial charge in [-0.25, -0.2) is 9.78 Å². The summed E-state index contributed by atoms with van der Waals surface area (Å²) >= 11 is 1.04. The van der Waals surface area contributed by atoms with Crippen molar-refractivity contribution in [2.24, 2.45) is 0 Å². The molecule has 4 aromatic rings. The van der Waals surface area contributed by atoms with Gasteiger partial charge in [-0.2, -0.15) is 0 Å². The number of carbonyl (C=O) groups excluding carboxylic acids is 2. The highest BCUT2D eigenvalue weighted by molar-refractivity contribution is 7.17. The largest absolute Gasteiger partial charge is 0.457 e. The van der Waals surface area contributed by atoms with E-state index >= 15 is 0 Å². The third kappa shape index (κ3) is 4.67. The summed E-state index contributed by atoms with van der Waals surface area (Å²) < 4.78 is 11.1. The molecule has 1 amide bonds. The Labute approximate surface area is 199 Å². The molecular weight excluding hydrogens is 452 g/mol. The van der Waals surface area contributed by atoms with E-state index in [4.69, 9.17) is 9.15 Å². The van der Waals surface area contributed by atoms with Crippen molar-refractivity contribution in [3.05, 3.63) is 92.6 Å². The maximum absolute atomic E-state index is 12.7. The van der Waals surface area contributed by atoms with Crippen molar-refractivity contribution in [2.75, 3.05) is 11.9 Å². The third-order valence-electron chi connectivity index (χ3n) is 5.12. The lowest BCUT2D eigenvalue weighted by Crippen LogP contribution is -2.11. The molecule has 0 radical (unpaired) electrons. The molecule has 7 nitrogen and oxygen atoms in total. The summed E-state index contributed by atoms with van der Waals surface area (Å²) in [5, 5.41) is 3.54. The summed E-state index contributed by atoms with van der Waals surface area (Å²) in [5.74, 6) is -0.464. The van der Waals surface area contributed by atoms with Crippen LogP contribution in [-0.2, 0) is 4.74 Å². The Balaban J connectivity index is 1.54. The average molecular weight is 475 g/mol. The van der Waals surface area contributed by atoms with Crippen LogP contribution < -0.4 is 10.7 Å². The van der Waals surface area contributed by atoms with E-state index in [0.717, 1.165) is 22.5 Å². The molecule has 2 aromatic carbocycles. The number of carbonyl (C=O) groups is 2. The first-order valence-corrected chi connectivity index (χ1v) is 11.3. The highest BCUT2D eigenvalue weighted by Gasteiger charge is 2.18. The predicted molar refractivity (Wildman–Crippen MR) is 133 cm³/mol. The SMILES string of the molecule is C=CCOC(=O)c1sc(NC(=O)c2ccc(-c3cc(=O)c4cc(C)cc(C)c4o3)cc2)nc1C. The second kappa shape index (κ2) is 9.44. The summed E-state index contributed by atoms with van der Waals surface area (Å²) in [4.78, 5) is 41.9. The molecule has 0 aliphatic carbocycles. The third-order valence-corrected chi connectivity index (χ3v) is 6.18. The number of amides is 1. The number of hydrogen-bond acceptors (Lipinski definition) is 7. The van der Waals surface area contributed by atoms with Gasteiger partial charge in [0.05, 0.1) is 11.1 Å². The number of benzene rings is 2. The van der Waals surface area contributed by atoms with Crippen molar-refractivity contribution in [2.45, 2.75) is 20.8 Å². The van der Waals surface area contributed by atoms with E-state index in [1.54, 1.807) is 31.2 Å². The number of nitrogens with one attached hydrogen (secondary N) is 1. The van der Waals surface area contributed by atoms with Gasteiger partial charge in [0, 0.05) is 17.2 Å². The first-order chi connectivity index (χ1) is 16.3. The number of ether oxygens (including phenoxy) is 1. The fourth-order valence-electron chi connectivity index (χ4n) is 3.55. The Morgan fingerprint density at radius 1 is 1.15 bits per heavy atom. The smallest absolute Gasteiger partial charge is 0.350 e. The van der Waals surface area contributed by atoms with E-state index in [1.165, 1.54) is 12.1 Å². The van der Waals surface area contributed by atoms with E-state index < -0.39 is 5.97 Å². The van der Waals surface area contributed by atoms with Crippen LogP contribution in [0.1, 0.15) is 36.9 Å². The van der Waals surface area contributed by atoms with Crippen LogP contribution in [0.4, 0.5) is 5.13 Å². The van der Waals surface area contributed by atoms with Crippen LogP contribution in [0.25, 0.3) is 22.3 Å². The fraction of sp³-hybridized carbons (Fsp3) is 0.154. The van der Waals surface area contributed by atoms with E-state index in [1.807, 2.05) is 26.0 Å². The highest BCUT2D eigenvalue weighted by atomic mass is 32.1. The molecular formula is C26H22N2O5S. The number of thiazole rings is 1. The van der Waals surface area contributed by atoms with Gasteiger partial charge in [-0.1, -0.05) is 42.2 Å². The van der Waals surface area contributed by atoms with Gasteiger partial charge in [0.25, 0.3) is 5.91 Å². The second-order valence-electron chi connectivity index (χ2n) is 7.79. The molecule has 2 heterocycles. The minimum absolute atomic E-state index is 0.0980. The number of hydrogen-bond donors (Lipinski definition) is 1. The average Bonchev–Trinajstić information content (AvgIpc) is 3.18. The molecule has 0 unspecified atom stereocenters. The van der Waals surface area contributed by atoms with Crippen molar-refractivity contribution in [1.29, 1.82) is 0 Å². The standard InChI is InChI=1S/C26H22N2O5S/c1-5-10-32-25(31)23-16(4)27-26(34-23)28-24(30)18-8-6-17(7-9-18)21-13-20(29)19-12-14(2)11-15(3)22(19)33-21/h5-9,11-13H,1,10H2,2-4H3,(H,27,28,30). The van der Waals surface area contributed by atoms with E-state index in [9.17, 15) is 14.4 Å². The normalized spacial score (nSPS) is 10.8. The Kier molecular flexibility index (Phi) is 6.43. The minimum atomic E-state index is -0.512. The van der Waals surface area contributed by atoms with Gasteiger partial charge >= 0.3 is 5.97 Å². The number of anilines is 1. The summed E-state index contributed by atoms with van der Waals surface area (Å²) in [6.45, 7) is 9.12. The first kappa shape index (κ1) is 23.1. The number of rotatable bonds is 6. The van der Waals surface area contributed by atoms with Crippen LogP contribution in [0, 0.1) is 20.8 Å². The molecule has 0 fully saturated rings. The molecule has 2 aromatic heterocycles. The van der Waals surface area contributed by atoms with Crippen LogP contribution in [0.3, 0.4) is 0 Å². The van der Waals surface area contributed by atoms with Crippen LogP contribution >= 0.6 is 11.3 Å². The molecule has 4 rings (SSSR count). The molecule has 8 heteroatoms. The highest BCUT2D eigenvalue weighted by Crippen LogP contribution is 2.27. The lowest BCUT2D eigenvalue weighted by molar-refractivity contribution is 0.0554. The minimum Gasteiger partial charge on any atom is -0.457 e. The molecule has 0 saturated heterocycles. The Morgan fingerprint density at radius 2 is 1.88 bits per heavy atom. The van der Waals surface area contributed by atoms with Gasteiger partial charge in [-0.3, -0.25) is 14.9 Å². The summed E-state index contributed by atoms with van der Waals surface area (Å²) in [6.07, 6.45) is 1.48. The molecule has 0 saturated carbocycles. The van der Waals surface area contributed by atoms with Crippen molar-refractivity contribution < 1.29 is 18.7 Å². The molecule has 0 spiro atoms. The number of nitrogens with zero attached hydrogens (tertiary/aromatic N) is 1. The number of aryl methyl sites for hydroxylation is 3. The van der Waals surface area contributed by atoms with Gasteiger partial charge in [-0.15, -0.1) is 0 Å². The zero-order valence-electron chi connectivity index (χ0n) is 18.9. The maximum Gasteiger partial charge on any atom is 0.350 e. The summed E-state index contributed by atoms with van der Waals surface area (Å²) in [5.41, 5.74) is 3.85. The lowest BCUT2D eigenvalue weighted by atomic mass is 10.1. The van der Waals surface area contributed by atoms with Crippen LogP contribution in [0.5, 0.6) is 0 Å².